The summed E-state index contributed by atoms with van der Waals surface area (Å²) in [7, 11) is 0. The average Bonchev–Trinajstić information content (AvgIpc) is 3.11. The molecule has 0 saturated carbocycles. The Morgan fingerprint density at radius 2 is 1.96 bits per heavy atom. The van der Waals surface area contributed by atoms with E-state index in [0.717, 1.165) is 29.8 Å². The molecule has 1 aromatic carbocycles. The second-order valence-corrected chi connectivity index (χ2v) is 5.50. The molecule has 7 heteroatoms. The van der Waals surface area contributed by atoms with E-state index in [4.69, 9.17) is 0 Å². The summed E-state index contributed by atoms with van der Waals surface area (Å²) in [5.74, 6) is 0.910. The number of carbonyl (C=O) groups is 1. The largest absolute Gasteiger partial charge is 0.352 e. The van der Waals surface area contributed by atoms with Crippen LogP contribution in [0.25, 0.3) is 10.9 Å². The molecule has 7 nitrogen and oxygen atoms in total. The second kappa shape index (κ2) is 5.68. The van der Waals surface area contributed by atoms with Gasteiger partial charge in [-0.15, -0.1) is 5.10 Å². The zero-order chi connectivity index (χ0) is 15.6. The standard InChI is InChI=1S/C16H16N6O/c23-16(12-3-1-4-14-13(12)11-18-19-14)22-9-7-21(8-10-22)15-5-2-6-17-20-15/h1-6,11H,7-10H2,(H,18,19). The van der Waals surface area contributed by atoms with Gasteiger partial charge in [0.2, 0.25) is 0 Å². The number of fused-ring (bicyclic) bond motifs is 1. The van der Waals surface area contributed by atoms with Crippen molar-refractivity contribution in [1.29, 1.82) is 0 Å². The zero-order valence-corrected chi connectivity index (χ0v) is 12.5. The van der Waals surface area contributed by atoms with Gasteiger partial charge in [-0.05, 0) is 24.3 Å². The number of hydrogen-bond donors (Lipinski definition) is 1. The van der Waals surface area contributed by atoms with Gasteiger partial charge in [0.25, 0.3) is 5.91 Å². The molecule has 116 valence electrons. The average molecular weight is 308 g/mol. The number of aromatic amines is 1. The van der Waals surface area contributed by atoms with Gasteiger partial charge in [-0.2, -0.15) is 10.2 Å². The van der Waals surface area contributed by atoms with Gasteiger partial charge in [-0.3, -0.25) is 9.89 Å². The minimum atomic E-state index is 0.0517. The van der Waals surface area contributed by atoms with E-state index >= 15 is 0 Å². The van der Waals surface area contributed by atoms with Crippen molar-refractivity contribution >= 4 is 22.6 Å². The van der Waals surface area contributed by atoms with Crippen LogP contribution in [0.15, 0.2) is 42.7 Å². The molecule has 1 saturated heterocycles. The van der Waals surface area contributed by atoms with E-state index in [0.29, 0.717) is 18.7 Å². The summed E-state index contributed by atoms with van der Waals surface area (Å²) in [6.07, 6.45) is 3.37. The Morgan fingerprint density at radius 1 is 1.09 bits per heavy atom. The van der Waals surface area contributed by atoms with Gasteiger partial charge in [0.1, 0.15) is 0 Å². The van der Waals surface area contributed by atoms with Crippen LogP contribution in [0.2, 0.25) is 0 Å². The van der Waals surface area contributed by atoms with Crippen LogP contribution in [-0.4, -0.2) is 57.4 Å². The zero-order valence-electron chi connectivity index (χ0n) is 12.5. The van der Waals surface area contributed by atoms with Crippen molar-refractivity contribution in [3.8, 4) is 0 Å². The van der Waals surface area contributed by atoms with Crippen LogP contribution in [0.3, 0.4) is 0 Å². The van der Waals surface area contributed by atoms with Crippen LogP contribution in [-0.2, 0) is 0 Å². The molecule has 1 fully saturated rings. The molecule has 0 aliphatic carbocycles. The molecule has 23 heavy (non-hydrogen) atoms. The highest BCUT2D eigenvalue weighted by Gasteiger charge is 2.24. The molecule has 1 amide bonds. The van der Waals surface area contributed by atoms with E-state index in [1.54, 1.807) is 12.4 Å². The van der Waals surface area contributed by atoms with Crippen LogP contribution in [0.1, 0.15) is 10.4 Å². The Morgan fingerprint density at radius 3 is 2.74 bits per heavy atom. The number of piperazine rings is 1. The highest BCUT2D eigenvalue weighted by molar-refractivity contribution is 6.06. The molecule has 0 bridgehead atoms. The van der Waals surface area contributed by atoms with E-state index in [2.05, 4.69) is 25.3 Å². The molecule has 0 unspecified atom stereocenters. The van der Waals surface area contributed by atoms with Crippen LogP contribution in [0.5, 0.6) is 0 Å². The third kappa shape index (κ3) is 2.50. The predicted octanol–water partition coefficient (Wildman–Crippen LogP) is 1.32. The van der Waals surface area contributed by atoms with E-state index in [9.17, 15) is 4.79 Å². The lowest BCUT2D eigenvalue weighted by atomic mass is 10.1. The first-order valence-corrected chi connectivity index (χ1v) is 7.57. The quantitative estimate of drug-likeness (QED) is 0.772. The molecule has 4 rings (SSSR count). The van der Waals surface area contributed by atoms with Crippen LogP contribution < -0.4 is 4.90 Å². The fraction of sp³-hybridized carbons (Fsp3) is 0.250. The molecular formula is C16H16N6O. The molecule has 1 aliphatic rings. The lowest BCUT2D eigenvalue weighted by Crippen LogP contribution is -2.49. The first-order valence-electron chi connectivity index (χ1n) is 7.57. The van der Waals surface area contributed by atoms with Crippen molar-refractivity contribution in [2.45, 2.75) is 0 Å². The molecule has 3 heterocycles. The number of carbonyl (C=O) groups excluding carboxylic acids is 1. The number of benzene rings is 1. The summed E-state index contributed by atoms with van der Waals surface area (Å²) in [5, 5.41) is 15.8. The maximum absolute atomic E-state index is 12.8. The summed E-state index contributed by atoms with van der Waals surface area (Å²) in [4.78, 5) is 16.8. The van der Waals surface area contributed by atoms with Crippen molar-refractivity contribution in [2.75, 3.05) is 31.1 Å². The number of rotatable bonds is 2. The molecule has 3 aromatic rings. The number of anilines is 1. The minimum Gasteiger partial charge on any atom is -0.352 e. The smallest absolute Gasteiger partial charge is 0.254 e. The van der Waals surface area contributed by atoms with Gasteiger partial charge < -0.3 is 9.80 Å². The minimum absolute atomic E-state index is 0.0517. The van der Waals surface area contributed by atoms with Gasteiger partial charge in [-0.1, -0.05) is 6.07 Å². The van der Waals surface area contributed by atoms with Gasteiger partial charge in [0.05, 0.1) is 17.3 Å². The Labute approximate surface area is 132 Å². The van der Waals surface area contributed by atoms with Crippen LogP contribution in [0, 0.1) is 0 Å². The summed E-state index contributed by atoms with van der Waals surface area (Å²) in [6, 6.07) is 9.47. The lowest BCUT2D eigenvalue weighted by molar-refractivity contribution is 0.0748. The first-order chi connectivity index (χ1) is 11.3. The van der Waals surface area contributed by atoms with Gasteiger partial charge in [-0.25, -0.2) is 0 Å². The number of amides is 1. The number of hydrogen-bond acceptors (Lipinski definition) is 5. The third-order valence-corrected chi connectivity index (χ3v) is 4.16. The topological polar surface area (TPSA) is 78.0 Å². The SMILES string of the molecule is O=C(c1cccc2[nH]ncc12)N1CCN(c2cccnn2)CC1. The van der Waals surface area contributed by atoms with Gasteiger partial charge >= 0.3 is 0 Å². The Kier molecular flexibility index (Phi) is 3.38. The fourth-order valence-corrected chi connectivity index (χ4v) is 2.93. The Balaban J connectivity index is 1.50. The van der Waals surface area contributed by atoms with Crippen molar-refractivity contribution in [3.63, 3.8) is 0 Å². The van der Waals surface area contributed by atoms with E-state index < -0.39 is 0 Å². The van der Waals surface area contributed by atoms with Crippen molar-refractivity contribution in [3.05, 3.63) is 48.3 Å². The monoisotopic (exact) mass is 308 g/mol. The van der Waals surface area contributed by atoms with Crippen molar-refractivity contribution in [1.82, 2.24) is 25.3 Å². The lowest BCUT2D eigenvalue weighted by Gasteiger charge is -2.35. The molecule has 1 N–H and O–H groups in total. The molecule has 2 aromatic heterocycles. The summed E-state index contributed by atoms with van der Waals surface area (Å²) in [6.45, 7) is 2.85. The van der Waals surface area contributed by atoms with Crippen molar-refractivity contribution < 1.29 is 4.79 Å². The number of nitrogens with zero attached hydrogens (tertiary/aromatic N) is 5. The Hall–Kier alpha value is -2.96. The molecule has 0 atom stereocenters. The third-order valence-electron chi connectivity index (χ3n) is 4.16. The number of aromatic nitrogens is 4. The van der Waals surface area contributed by atoms with Crippen molar-refractivity contribution in [2.24, 2.45) is 0 Å². The highest BCUT2D eigenvalue weighted by Crippen LogP contribution is 2.19. The maximum Gasteiger partial charge on any atom is 0.254 e. The first kappa shape index (κ1) is 13.7. The molecule has 1 aliphatic heterocycles. The number of H-pyrrole nitrogens is 1. The van der Waals surface area contributed by atoms with E-state index in [-0.39, 0.29) is 5.91 Å². The number of nitrogens with one attached hydrogen (secondary N) is 1. The van der Waals surface area contributed by atoms with Gasteiger partial charge in [0.15, 0.2) is 5.82 Å². The van der Waals surface area contributed by atoms with Crippen LogP contribution in [0.4, 0.5) is 5.82 Å². The normalized spacial score (nSPS) is 15.1. The summed E-state index contributed by atoms with van der Waals surface area (Å²) < 4.78 is 0. The van der Waals surface area contributed by atoms with E-state index in [1.807, 2.05) is 35.2 Å². The van der Waals surface area contributed by atoms with Crippen LogP contribution >= 0.6 is 0 Å². The predicted molar refractivity (Wildman–Crippen MR) is 86.2 cm³/mol. The fourth-order valence-electron chi connectivity index (χ4n) is 2.93. The van der Waals surface area contributed by atoms with Gasteiger partial charge in [0, 0.05) is 37.8 Å². The molecule has 0 spiro atoms. The Bertz CT molecular complexity index is 823. The highest BCUT2D eigenvalue weighted by atomic mass is 16.2. The summed E-state index contributed by atoms with van der Waals surface area (Å²) >= 11 is 0. The van der Waals surface area contributed by atoms with E-state index in [1.165, 1.54) is 0 Å². The molecule has 0 radical (unpaired) electrons. The maximum atomic E-state index is 12.8. The second-order valence-electron chi connectivity index (χ2n) is 5.50. The molecular weight excluding hydrogens is 292 g/mol. The summed E-state index contributed by atoms with van der Waals surface area (Å²) in [5.41, 5.74) is 1.58.